The minimum atomic E-state index is 0.829. The molecule has 0 bridgehead atoms. The summed E-state index contributed by atoms with van der Waals surface area (Å²) in [5, 5.41) is 5.21. The van der Waals surface area contributed by atoms with Gasteiger partial charge in [0, 0.05) is 34.3 Å². The van der Waals surface area contributed by atoms with Crippen molar-refractivity contribution < 1.29 is 0 Å². The molecule has 0 spiro atoms. The molecule has 4 heteroatoms. The maximum absolute atomic E-state index is 4.33. The maximum atomic E-state index is 4.33. The van der Waals surface area contributed by atoms with Gasteiger partial charge in [-0.25, -0.2) is 4.98 Å². The van der Waals surface area contributed by atoms with Gasteiger partial charge in [-0.05, 0) is 20.0 Å². The quantitative estimate of drug-likeness (QED) is 0.809. The van der Waals surface area contributed by atoms with Crippen LogP contribution in [0.25, 0.3) is 11.4 Å². The first kappa shape index (κ1) is 9.43. The lowest BCUT2D eigenvalue weighted by molar-refractivity contribution is 0.797. The second-order valence-corrected chi connectivity index (χ2v) is 4.35. The van der Waals surface area contributed by atoms with Crippen LogP contribution in [-0.2, 0) is 6.54 Å². The largest absolute Gasteiger partial charge is 0.341 e. The normalized spacial score (nSPS) is 10.7. The van der Waals surface area contributed by atoms with Crippen molar-refractivity contribution in [1.82, 2.24) is 15.3 Å². The second kappa shape index (κ2) is 3.94. The molecule has 0 unspecified atom stereocenters. The Morgan fingerprint density at radius 2 is 2.43 bits per heavy atom. The van der Waals surface area contributed by atoms with Gasteiger partial charge in [0.15, 0.2) is 0 Å². The van der Waals surface area contributed by atoms with Crippen LogP contribution in [0, 0.1) is 6.92 Å². The molecule has 2 rings (SSSR count). The molecule has 74 valence electrons. The summed E-state index contributed by atoms with van der Waals surface area (Å²) in [5.41, 5.74) is 2.29. The van der Waals surface area contributed by atoms with E-state index >= 15 is 0 Å². The first-order valence-corrected chi connectivity index (χ1v) is 5.41. The van der Waals surface area contributed by atoms with Crippen molar-refractivity contribution in [1.29, 1.82) is 0 Å². The first-order chi connectivity index (χ1) is 6.79. The van der Waals surface area contributed by atoms with Crippen LogP contribution in [0.4, 0.5) is 0 Å². The fourth-order valence-corrected chi connectivity index (χ4v) is 2.04. The molecule has 0 aromatic carbocycles. The number of hydrogen-bond acceptors (Lipinski definition) is 3. The van der Waals surface area contributed by atoms with Crippen LogP contribution in [0.1, 0.15) is 10.6 Å². The monoisotopic (exact) mass is 207 g/mol. The molecule has 2 aromatic rings. The van der Waals surface area contributed by atoms with Crippen LogP contribution >= 0.6 is 11.3 Å². The summed E-state index contributed by atoms with van der Waals surface area (Å²) in [7, 11) is 1.93. The summed E-state index contributed by atoms with van der Waals surface area (Å²) < 4.78 is 0. The van der Waals surface area contributed by atoms with Crippen LogP contribution in [0.15, 0.2) is 17.6 Å². The smallest absolute Gasteiger partial charge is 0.138 e. The number of aryl methyl sites for hydroxylation is 1. The average molecular weight is 207 g/mol. The van der Waals surface area contributed by atoms with E-state index in [-0.39, 0.29) is 0 Å². The number of aromatic amines is 1. The Hall–Kier alpha value is -1.13. The van der Waals surface area contributed by atoms with Crippen LogP contribution in [0.3, 0.4) is 0 Å². The maximum Gasteiger partial charge on any atom is 0.138 e. The van der Waals surface area contributed by atoms with E-state index in [2.05, 4.69) is 33.7 Å². The Kier molecular flexibility index (Phi) is 2.65. The summed E-state index contributed by atoms with van der Waals surface area (Å²) in [6.07, 6.45) is 1.87. The molecule has 0 amide bonds. The predicted octanol–water partition coefficient (Wildman–Crippen LogP) is 2.17. The zero-order valence-corrected chi connectivity index (χ0v) is 9.11. The molecule has 0 aliphatic heterocycles. The number of rotatable bonds is 3. The average Bonchev–Trinajstić information content (AvgIpc) is 2.74. The summed E-state index contributed by atoms with van der Waals surface area (Å²) in [4.78, 5) is 8.92. The van der Waals surface area contributed by atoms with Gasteiger partial charge in [-0.2, -0.15) is 0 Å². The van der Waals surface area contributed by atoms with Gasteiger partial charge >= 0.3 is 0 Å². The van der Waals surface area contributed by atoms with Gasteiger partial charge in [0.25, 0.3) is 0 Å². The molecule has 0 atom stereocenters. The number of thiophene rings is 1. The first-order valence-electron chi connectivity index (χ1n) is 4.53. The minimum absolute atomic E-state index is 0.829. The summed E-state index contributed by atoms with van der Waals surface area (Å²) >= 11 is 1.75. The summed E-state index contributed by atoms with van der Waals surface area (Å²) in [5.74, 6) is 0.958. The topological polar surface area (TPSA) is 40.7 Å². The Morgan fingerprint density at radius 1 is 1.57 bits per heavy atom. The molecule has 14 heavy (non-hydrogen) atoms. The van der Waals surface area contributed by atoms with Gasteiger partial charge in [-0.3, -0.25) is 0 Å². The van der Waals surface area contributed by atoms with Gasteiger partial charge in [-0.15, -0.1) is 11.3 Å². The molecular formula is C10H13N3S. The standard InChI is InChI=1S/C10H13N3S/c1-7-3-8(6-14-7)10-12-5-9(13-10)4-11-2/h3,5-6,11H,4H2,1-2H3,(H,12,13). The number of imidazole rings is 1. The number of nitrogens with zero attached hydrogens (tertiary/aromatic N) is 1. The predicted molar refractivity (Wildman–Crippen MR) is 59.4 cm³/mol. The molecule has 0 aliphatic rings. The zero-order chi connectivity index (χ0) is 9.97. The Morgan fingerprint density at radius 3 is 3.07 bits per heavy atom. The number of H-pyrrole nitrogens is 1. The van der Waals surface area contributed by atoms with Gasteiger partial charge < -0.3 is 10.3 Å². The molecule has 2 aromatic heterocycles. The van der Waals surface area contributed by atoms with Crippen LogP contribution in [0.5, 0.6) is 0 Å². The third-order valence-corrected chi connectivity index (χ3v) is 2.86. The molecule has 2 heterocycles. The van der Waals surface area contributed by atoms with Gasteiger partial charge in [0.2, 0.25) is 0 Å². The van der Waals surface area contributed by atoms with E-state index < -0.39 is 0 Å². The number of nitrogens with one attached hydrogen (secondary N) is 2. The van der Waals surface area contributed by atoms with Crippen molar-refractivity contribution in [3.63, 3.8) is 0 Å². The zero-order valence-electron chi connectivity index (χ0n) is 8.29. The lowest BCUT2D eigenvalue weighted by Crippen LogP contribution is -2.04. The Bertz CT molecular complexity index is 416. The highest BCUT2D eigenvalue weighted by Crippen LogP contribution is 2.22. The highest BCUT2D eigenvalue weighted by Gasteiger charge is 2.04. The van der Waals surface area contributed by atoms with Gasteiger partial charge in [0.05, 0.1) is 0 Å². The molecule has 0 saturated heterocycles. The molecule has 0 radical (unpaired) electrons. The van der Waals surface area contributed by atoms with E-state index in [0.717, 1.165) is 18.1 Å². The number of aromatic nitrogens is 2. The molecule has 0 saturated carbocycles. The summed E-state index contributed by atoms with van der Waals surface area (Å²) in [6, 6.07) is 2.15. The third kappa shape index (κ3) is 1.86. The fraction of sp³-hybridized carbons (Fsp3) is 0.300. The summed E-state index contributed by atoms with van der Waals surface area (Å²) in [6.45, 7) is 2.93. The van der Waals surface area contributed by atoms with E-state index in [1.165, 1.54) is 10.4 Å². The van der Waals surface area contributed by atoms with E-state index in [1.807, 2.05) is 13.2 Å². The van der Waals surface area contributed by atoms with Crippen LogP contribution in [0.2, 0.25) is 0 Å². The van der Waals surface area contributed by atoms with Gasteiger partial charge in [-0.1, -0.05) is 0 Å². The van der Waals surface area contributed by atoms with Crippen LogP contribution in [-0.4, -0.2) is 17.0 Å². The lowest BCUT2D eigenvalue weighted by Gasteiger charge is -1.93. The molecule has 3 nitrogen and oxygen atoms in total. The van der Waals surface area contributed by atoms with E-state index in [1.54, 1.807) is 11.3 Å². The highest BCUT2D eigenvalue weighted by atomic mass is 32.1. The van der Waals surface area contributed by atoms with E-state index in [4.69, 9.17) is 0 Å². The Labute approximate surface area is 87.2 Å². The van der Waals surface area contributed by atoms with Gasteiger partial charge in [0.1, 0.15) is 5.82 Å². The number of hydrogen-bond donors (Lipinski definition) is 2. The van der Waals surface area contributed by atoms with Crippen molar-refractivity contribution in [2.75, 3.05) is 7.05 Å². The fourth-order valence-electron chi connectivity index (χ4n) is 1.35. The molecule has 0 aliphatic carbocycles. The van der Waals surface area contributed by atoms with Crippen molar-refractivity contribution in [3.05, 3.63) is 28.2 Å². The minimum Gasteiger partial charge on any atom is -0.341 e. The van der Waals surface area contributed by atoms with Crippen LogP contribution < -0.4 is 5.32 Å². The third-order valence-electron chi connectivity index (χ3n) is 2.00. The van der Waals surface area contributed by atoms with Crippen molar-refractivity contribution in [2.45, 2.75) is 13.5 Å². The van der Waals surface area contributed by atoms with E-state index in [9.17, 15) is 0 Å². The van der Waals surface area contributed by atoms with E-state index in [0.29, 0.717) is 0 Å². The molecule has 2 N–H and O–H groups in total. The SMILES string of the molecule is CNCc1cnc(-c2csc(C)c2)[nH]1. The van der Waals surface area contributed by atoms with Crippen molar-refractivity contribution >= 4 is 11.3 Å². The molecule has 0 fully saturated rings. The molecular weight excluding hydrogens is 194 g/mol. The van der Waals surface area contributed by atoms with Crippen molar-refractivity contribution in [2.24, 2.45) is 0 Å². The Balaban J connectivity index is 2.24. The lowest BCUT2D eigenvalue weighted by atomic mass is 10.3. The van der Waals surface area contributed by atoms with Crippen molar-refractivity contribution in [3.8, 4) is 11.4 Å². The highest BCUT2D eigenvalue weighted by molar-refractivity contribution is 7.10. The second-order valence-electron chi connectivity index (χ2n) is 3.23.